The van der Waals surface area contributed by atoms with Crippen LogP contribution in [0.3, 0.4) is 0 Å². The second-order valence-electron chi connectivity index (χ2n) is 3.77. The molecule has 0 aromatic carbocycles. The summed E-state index contributed by atoms with van der Waals surface area (Å²) in [6.45, 7) is -0.772. The Morgan fingerprint density at radius 3 is 0.861 bits per heavy atom. The topological polar surface area (TPSA) is 366 Å². The average Bonchev–Trinajstić information content (AvgIpc) is 2.32. The van der Waals surface area contributed by atoms with Crippen LogP contribution in [0.5, 0.6) is 0 Å². The predicted octanol–water partition coefficient (Wildman–Crippen LogP) is -3.00. The van der Waals surface area contributed by atoms with E-state index in [1.807, 2.05) is 0 Å². The smallest absolute Gasteiger partial charge is 0.753 e. The van der Waals surface area contributed by atoms with Crippen molar-refractivity contribution in [2.45, 2.75) is 6.42 Å². The Morgan fingerprint density at radius 1 is 0.583 bits per heavy atom. The van der Waals surface area contributed by atoms with Crippen LogP contribution in [-0.4, -0.2) is 67.1 Å². The van der Waals surface area contributed by atoms with Crippen molar-refractivity contribution in [2.24, 2.45) is 0 Å². The fourth-order valence-electron chi connectivity index (χ4n) is 0.219. The Kier molecular flexibility index (Phi) is 37.0. The van der Waals surface area contributed by atoms with Gasteiger partial charge in [0.05, 0.1) is 13.3 Å². The van der Waals surface area contributed by atoms with Crippen LogP contribution in [0.2, 0.25) is 0 Å². The van der Waals surface area contributed by atoms with Crippen LogP contribution in [0.1, 0.15) is 6.42 Å². The molecule has 0 aromatic heterocycles. The van der Waals surface area contributed by atoms with Crippen molar-refractivity contribution in [3.8, 4) is 0 Å². The van der Waals surface area contributed by atoms with Crippen LogP contribution in [-0.2, 0) is 37.0 Å². The van der Waals surface area contributed by atoms with E-state index in [9.17, 15) is 29.9 Å². The van der Waals surface area contributed by atoms with Crippen molar-refractivity contribution in [3.05, 3.63) is 0 Å². The third-order valence-electron chi connectivity index (χ3n) is 0.511. The first-order valence-electron chi connectivity index (χ1n) is 6.23. The fourth-order valence-corrected chi connectivity index (χ4v) is 0.431. The molecular formula is C3H17F6LiO20P6. The van der Waals surface area contributed by atoms with Gasteiger partial charge in [0.25, 0.3) is 0 Å². The minimum absolute atomic E-state index is 0. The summed E-state index contributed by atoms with van der Waals surface area (Å²) in [4.78, 5) is 91.0. The number of hydrogen-bond acceptors (Lipinski definition) is 9. The molecule has 11 N–H and O–H groups in total. The monoisotopic (exact) mass is 680 g/mol. The molecule has 1 unspecified atom stereocenters. The Hall–Kier alpha value is 0.997. The maximum atomic E-state index is 11.3. The molecule has 36 heavy (non-hydrogen) atoms. The van der Waals surface area contributed by atoms with Gasteiger partial charge in [-0.15, -0.1) is 21.5 Å². The van der Waals surface area contributed by atoms with Crippen LogP contribution in [0, 0.1) is 0 Å². The zero-order valence-corrected chi connectivity index (χ0v) is 22.0. The zero-order valence-electron chi connectivity index (χ0n) is 16.7. The second-order valence-corrected chi connectivity index (χ2v) is 9.59. The van der Waals surface area contributed by atoms with E-state index in [2.05, 4.69) is 9.56 Å². The second kappa shape index (κ2) is 25.0. The van der Waals surface area contributed by atoms with Gasteiger partial charge in [-0.05, 0) is 0 Å². The van der Waals surface area contributed by atoms with E-state index < -0.39 is 54.0 Å². The van der Waals surface area contributed by atoms with Crippen LogP contribution in [0.15, 0.2) is 0 Å². The van der Waals surface area contributed by atoms with E-state index in [0.29, 0.717) is 0 Å². The molecule has 0 heterocycles. The van der Waals surface area contributed by atoms with E-state index in [4.69, 9.17) is 81.5 Å². The van der Waals surface area contributed by atoms with Gasteiger partial charge < -0.3 is 19.6 Å². The average molecular weight is 680 g/mol. The molecule has 0 saturated heterocycles. The Balaban J connectivity index is -0.0000000575. The third kappa shape index (κ3) is 632. The largest absolute Gasteiger partial charge is 1.00 e. The molecule has 0 saturated carbocycles. The standard InChI is InChI=1S/C3H8FO5P.5FH2O3P.Li/c4-2-1-3-8-9-10(5,6)7;5*1-5(2,3)4;/h1-3H2,(H2,5,6,7);5*(H2,2,3,4);/q;;;;;;+1/p-1. The van der Waals surface area contributed by atoms with Gasteiger partial charge >= 0.3 is 66.2 Å². The van der Waals surface area contributed by atoms with Crippen LogP contribution in [0.25, 0.3) is 0 Å². The predicted molar refractivity (Wildman–Crippen MR) is 93.2 cm³/mol. The molecule has 1 atom stereocenters. The summed E-state index contributed by atoms with van der Waals surface area (Å²) >= 11 is 0. The van der Waals surface area contributed by atoms with Gasteiger partial charge in [0.1, 0.15) is 0 Å². The van der Waals surface area contributed by atoms with E-state index >= 15 is 0 Å². The zero-order chi connectivity index (χ0) is 30.5. The van der Waals surface area contributed by atoms with Crippen molar-refractivity contribution >= 4 is 47.4 Å². The van der Waals surface area contributed by atoms with Crippen LogP contribution in [0.4, 0.5) is 25.4 Å². The number of halogens is 6. The quantitative estimate of drug-likeness (QED) is 0.0344. The van der Waals surface area contributed by atoms with E-state index in [0.717, 1.165) is 0 Å². The van der Waals surface area contributed by atoms with Crippen molar-refractivity contribution in [2.75, 3.05) is 13.3 Å². The van der Waals surface area contributed by atoms with Crippen molar-refractivity contribution in [3.63, 3.8) is 0 Å². The summed E-state index contributed by atoms with van der Waals surface area (Å²) in [5.74, 6) is 0. The first-order valence-corrected chi connectivity index (χ1v) is 15.2. The molecule has 0 bridgehead atoms. The Bertz CT molecular complexity index is 617. The number of alkyl halides is 1. The summed E-state index contributed by atoms with van der Waals surface area (Å²) in [5.41, 5.74) is 0. The summed E-state index contributed by atoms with van der Waals surface area (Å²) < 4.78 is 120. The van der Waals surface area contributed by atoms with Gasteiger partial charge in [0, 0.05) is 6.42 Å². The molecule has 0 aromatic rings. The van der Waals surface area contributed by atoms with Gasteiger partial charge in [-0.2, -0.15) is 4.20 Å². The minimum atomic E-state index is -5.39. The summed E-state index contributed by atoms with van der Waals surface area (Å²) in [6, 6.07) is 0. The van der Waals surface area contributed by atoms with E-state index in [1.165, 1.54) is 0 Å². The number of hydrogen-bond donors (Lipinski definition) is 11. The van der Waals surface area contributed by atoms with Crippen LogP contribution < -0.4 is 23.8 Å². The molecular weight excluding hydrogens is 663 g/mol. The maximum Gasteiger partial charge on any atom is 1.00 e. The van der Waals surface area contributed by atoms with Gasteiger partial charge in [-0.25, -0.2) is 27.7 Å². The molecule has 0 amide bonds. The fraction of sp³-hybridized carbons (Fsp3) is 1.00. The molecule has 0 spiro atoms. The minimum Gasteiger partial charge on any atom is -0.753 e. The maximum absolute atomic E-state index is 11.3. The van der Waals surface area contributed by atoms with Crippen molar-refractivity contribution in [1.29, 1.82) is 0 Å². The first kappa shape index (κ1) is 53.3. The molecule has 0 fully saturated rings. The molecule has 0 aliphatic heterocycles. The van der Waals surface area contributed by atoms with Crippen LogP contribution >= 0.6 is 47.4 Å². The molecule has 0 aliphatic carbocycles. The normalized spacial score (nSPS) is 12.8. The van der Waals surface area contributed by atoms with Crippen molar-refractivity contribution < 1.29 is 140 Å². The summed E-state index contributed by atoms with van der Waals surface area (Å²) in [6.07, 6.45) is 0.0556. The van der Waals surface area contributed by atoms with E-state index in [-0.39, 0.29) is 31.9 Å². The van der Waals surface area contributed by atoms with Crippen molar-refractivity contribution in [1.82, 2.24) is 0 Å². The Morgan fingerprint density at radius 2 is 0.750 bits per heavy atom. The molecule has 0 aliphatic rings. The third-order valence-corrected chi connectivity index (χ3v) is 0.811. The SMILES string of the molecule is O=P(O)(O)F.O=P(O)(O)F.O=P(O)(O)F.O=P(O)(O)F.O=P(O)(O)OOCCCF.O=P([O-])(O)F.[Li+]. The number of phosphoric acid groups is 1. The molecule has 20 nitrogen and oxygen atoms in total. The molecule has 0 rings (SSSR count). The van der Waals surface area contributed by atoms with Gasteiger partial charge in [-0.3, -0.25) is 48.1 Å². The Labute approximate surface area is 207 Å². The number of rotatable bonds is 5. The van der Waals surface area contributed by atoms with Gasteiger partial charge in [0.15, 0.2) is 0 Å². The van der Waals surface area contributed by atoms with Gasteiger partial charge in [-0.1, -0.05) is 0 Å². The molecule has 0 radical (unpaired) electrons. The molecule has 33 heteroatoms. The summed E-state index contributed by atoms with van der Waals surface area (Å²) in [5, 5.41) is 0. The first-order chi connectivity index (χ1) is 14.6. The van der Waals surface area contributed by atoms with Gasteiger partial charge in [0.2, 0.25) is 0 Å². The summed E-state index contributed by atoms with van der Waals surface area (Å²) in [7, 11) is -30.5. The molecule has 222 valence electrons. The van der Waals surface area contributed by atoms with E-state index in [1.54, 1.807) is 0 Å².